The highest BCUT2D eigenvalue weighted by molar-refractivity contribution is 5.40. The molecule has 0 bridgehead atoms. The monoisotopic (exact) mass is 163 g/mol. The quantitative estimate of drug-likeness (QED) is 0.614. The summed E-state index contributed by atoms with van der Waals surface area (Å²) in [6, 6.07) is 0. The van der Waals surface area contributed by atoms with Gasteiger partial charge in [0.25, 0.3) is 0 Å². The lowest BCUT2D eigenvalue weighted by Gasteiger charge is -2.06. The molecule has 0 aliphatic rings. The van der Waals surface area contributed by atoms with Crippen LogP contribution in [0.3, 0.4) is 0 Å². The van der Waals surface area contributed by atoms with Gasteiger partial charge in [0.15, 0.2) is 0 Å². The van der Waals surface area contributed by atoms with E-state index < -0.39 is 0 Å². The van der Waals surface area contributed by atoms with E-state index in [1.807, 2.05) is 32.2 Å². The minimum absolute atomic E-state index is 0.845. The first kappa shape index (κ1) is 10.9. The van der Waals surface area contributed by atoms with Crippen molar-refractivity contribution in [1.82, 2.24) is 5.32 Å². The van der Waals surface area contributed by atoms with Gasteiger partial charge in [0, 0.05) is 6.54 Å². The first-order chi connectivity index (χ1) is 5.79. The fraction of sp³-hybridized carbons (Fsp3) is 0.273. The average Bonchev–Trinajstić information content (AvgIpc) is 2.07. The molecule has 0 unspecified atom stereocenters. The molecule has 0 spiro atoms. The van der Waals surface area contributed by atoms with Crippen molar-refractivity contribution >= 4 is 0 Å². The molecule has 0 aromatic heterocycles. The first-order valence-electron chi connectivity index (χ1n) is 4.05. The molecule has 0 radical (unpaired) electrons. The fourth-order valence-electron chi connectivity index (χ4n) is 1.02. The third kappa shape index (κ3) is 3.35. The average molecular weight is 163 g/mol. The van der Waals surface area contributed by atoms with Crippen molar-refractivity contribution in [2.75, 3.05) is 13.6 Å². The largest absolute Gasteiger partial charge is 0.316 e. The number of rotatable bonds is 5. The molecule has 1 N–H and O–H groups in total. The van der Waals surface area contributed by atoms with E-state index in [4.69, 9.17) is 0 Å². The first-order valence-corrected chi connectivity index (χ1v) is 4.05. The summed E-state index contributed by atoms with van der Waals surface area (Å²) in [4.78, 5) is 0. The Balaban J connectivity index is 4.59. The summed E-state index contributed by atoms with van der Waals surface area (Å²) in [5.74, 6) is 0. The van der Waals surface area contributed by atoms with Crippen LogP contribution >= 0.6 is 0 Å². The molecule has 12 heavy (non-hydrogen) atoms. The molecular formula is C11H17N. The van der Waals surface area contributed by atoms with Gasteiger partial charge in [0.2, 0.25) is 0 Å². The van der Waals surface area contributed by atoms with Gasteiger partial charge in [-0.15, -0.1) is 0 Å². The molecule has 66 valence electrons. The van der Waals surface area contributed by atoms with E-state index in [-0.39, 0.29) is 0 Å². The molecule has 0 fully saturated rings. The highest BCUT2D eigenvalue weighted by Gasteiger charge is 1.96. The summed E-state index contributed by atoms with van der Waals surface area (Å²) in [6.45, 7) is 10.3. The van der Waals surface area contributed by atoms with E-state index in [1.165, 1.54) is 5.57 Å². The lowest BCUT2D eigenvalue weighted by atomic mass is 10.1. The zero-order valence-electron chi connectivity index (χ0n) is 7.93. The van der Waals surface area contributed by atoms with Crippen molar-refractivity contribution in [2.45, 2.75) is 6.92 Å². The summed E-state index contributed by atoms with van der Waals surface area (Å²) < 4.78 is 0. The van der Waals surface area contributed by atoms with Gasteiger partial charge in [-0.1, -0.05) is 37.5 Å². The van der Waals surface area contributed by atoms with E-state index in [2.05, 4.69) is 18.5 Å². The molecule has 0 rings (SSSR count). The lowest BCUT2D eigenvalue weighted by molar-refractivity contribution is 0.889. The van der Waals surface area contributed by atoms with Gasteiger partial charge in [0.05, 0.1) is 0 Å². The van der Waals surface area contributed by atoms with Gasteiger partial charge in [-0.25, -0.2) is 0 Å². The molecule has 1 heteroatoms. The molecule has 0 aliphatic carbocycles. The van der Waals surface area contributed by atoms with Crippen LogP contribution in [-0.2, 0) is 0 Å². The van der Waals surface area contributed by atoms with Crippen LogP contribution < -0.4 is 5.32 Å². The maximum atomic E-state index is 3.75. The van der Waals surface area contributed by atoms with E-state index in [1.54, 1.807) is 6.08 Å². The predicted molar refractivity (Wildman–Crippen MR) is 56.2 cm³/mol. The van der Waals surface area contributed by atoms with E-state index in [9.17, 15) is 0 Å². The molecule has 0 atom stereocenters. The molecule has 1 nitrogen and oxygen atoms in total. The maximum absolute atomic E-state index is 3.75. The zero-order valence-corrected chi connectivity index (χ0v) is 7.93. The normalized spacial score (nSPS) is 12.8. The lowest BCUT2D eigenvalue weighted by Crippen LogP contribution is -2.11. The third-order valence-corrected chi connectivity index (χ3v) is 1.59. The van der Waals surface area contributed by atoms with E-state index in [0.29, 0.717) is 0 Å². The van der Waals surface area contributed by atoms with Gasteiger partial charge in [-0.2, -0.15) is 0 Å². The molecule has 0 saturated heterocycles. The Labute approximate surface area is 75.2 Å². The van der Waals surface area contributed by atoms with Gasteiger partial charge in [-0.05, 0) is 25.1 Å². The summed E-state index contributed by atoms with van der Waals surface area (Å²) in [6.07, 6.45) is 7.68. The summed E-state index contributed by atoms with van der Waals surface area (Å²) in [5.41, 5.74) is 2.37. The molecule has 0 aromatic rings. The number of likely N-dealkylation sites (N-methyl/N-ethyl adjacent to an activating group) is 1. The highest BCUT2D eigenvalue weighted by atomic mass is 14.8. The van der Waals surface area contributed by atoms with E-state index >= 15 is 0 Å². The second kappa shape index (κ2) is 6.62. The Morgan fingerprint density at radius 1 is 1.42 bits per heavy atom. The standard InChI is InChI=1S/C11H17N/c1-5-8-11(9-12-4)10(6-2)7-3/h5-8,12H,1-2,9H2,3-4H3/b10-7-,11-8-. The maximum Gasteiger partial charge on any atom is 0.0208 e. The van der Waals surface area contributed by atoms with Crippen LogP contribution in [0.2, 0.25) is 0 Å². The fourth-order valence-corrected chi connectivity index (χ4v) is 1.02. The minimum Gasteiger partial charge on any atom is -0.316 e. The van der Waals surface area contributed by atoms with Crippen LogP contribution in [0.4, 0.5) is 0 Å². The van der Waals surface area contributed by atoms with Crippen molar-refractivity contribution in [1.29, 1.82) is 0 Å². The van der Waals surface area contributed by atoms with Crippen molar-refractivity contribution in [3.63, 3.8) is 0 Å². The van der Waals surface area contributed by atoms with Gasteiger partial charge in [-0.3, -0.25) is 0 Å². The third-order valence-electron chi connectivity index (χ3n) is 1.59. The molecule has 0 heterocycles. The summed E-state index contributed by atoms with van der Waals surface area (Å²) in [5, 5.41) is 3.10. The van der Waals surface area contributed by atoms with Crippen molar-refractivity contribution in [3.05, 3.63) is 48.6 Å². The Morgan fingerprint density at radius 2 is 2.08 bits per heavy atom. The van der Waals surface area contributed by atoms with Crippen LogP contribution in [0.1, 0.15) is 6.92 Å². The van der Waals surface area contributed by atoms with E-state index in [0.717, 1.165) is 12.1 Å². The predicted octanol–water partition coefficient (Wildman–Crippen LogP) is 2.45. The molecule has 0 aromatic carbocycles. The van der Waals surface area contributed by atoms with Crippen LogP contribution in [0.5, 0.6) is 0 Å². The Bertz CT molecular complexity index is 209. The smallest absolute Gasteiger partial charge is 0.0208 e. The van der Waals surface area contributed by atoms with Gasteiger partial charge in [0.1, 0.15) is 0 Å². The topological polar surface area (TPSA) is 12.0 Å². The number of hydrogen-bond donors (Lipinski definition) is 1. The van der Waals surface area contributed by atoms with Crippen molar-refractivity contribution in [3.8, 4) is 0 Å². The second-order valence-electron chi connectivity index (χ2n) is 2.41. The van der Waals surface area contributed by atoms with Crippen LogP contribution in [0.25, 0.3) is 0 Å². The SMILES string of the molecule is C=C/C=C(CNC)\C(C=C)=C/C. The number of hydrogen-bond acceptors (Lipinski definition) is 1. The molecule has 0 aliphatic heterocycles. The number of nitrogens with one attached hydrogen (secondary N) is 1. The van der Waals surface area contributed by atoms with Crippen LogP contribution in [0, 0.1) is 0 Å². The molecule has 0 saturated carbocycles. The summed E-state index contributed by atoms with van der Waals surface area (Å²) in [7, 11) is 1.92. The zero-order chi connectivity index (χ0) is 9.40. The van der Waals surface area contributed by atoms with Crippen molar-refractivity contribution in [2.24, 2.45) is 0 Å². The summed E-state index contributed by atoms with van der Waals surface area (Å²) >= 11 is 0. The van der Waals surface area contributed by atoms with Gasteiger partial charge >= 0.3 is 0 Å². The highest BCUT2D eigenvalue weighted by Crippen LogP contribution is 2.09. The number of allylic oxidation sites excluding steroid dienone is 4. The molecular weight excluding hydrogens is 146 g/mol. The van der Waals surface area contributed by atoms with Crippen LogP contribution in [-0.4, -0.2) is 13.6 Å². The molecule has 0 amide bonds. The Morgan fingerprint density at radius 3 is 2.42 bits per heavy atom. The Kier molecular flexibility index (Phi) is 6.02. The second-order valence-corrected chi connectivity index (χ2v) is 2.41. The van der Waals surface area contributed by atoms with Gasteiger partial charge < -0.3 is 5.32 Å². The van der Waals surface area contributed by atoms with Crippen molar-refractivity contribution < 1.29 is 0 Å². The van der Waals surface area contributed by atoms with Crippen LogP contribution in [0.15, 0.2) is 48.6 Å². The minimum atomic E-state index is 0.845. The Hall–Kier alpha value is -1.08.